The summed E-state index contributed by atoms with van der Waals surface area (Å²) in [7, 11) is 1.54. The summed E-state index contributed by atoms with van der Waals surface area (Å²) in [6.07, 6.45) is 2.73. The Kier molecular flexibility index (Phi) is 12.5. The maximum Gasteiger partial charge on any atom is 0.308 e. The number of benzene rings is 2. The lowest BCUT2D eigenvalue weighted by molar-refractivity contribution is -0.149. The number of hydrogen-bond donors (Lipinski definition) is 4. The highest BCUT2D eigenvalue weighted by Crippen LogP contribution is 2.31. The van der Waals surface area contributed by atoms with Crippen molar-refractivity contribution in [3.63, 3.8) is 0 Å². The lowest BCUT2D eigenvalue weighted by atomic mass is 9.95. The maximum absolute atomic E-state index is 14.3. The molecule has 12 heteroatoms. The fraction of sp³-hybridized carbons (Fsp3) is 0.444. The van der Waals surface area contributed by atoms with Crippen molar-refractivity contribution >= 4 is 66.5 Å². The molecule has 0 radical (unpaired) electrons. The number of phenolic OH excluding ortho intramolecular Hbond substituents is 1. The monoisotopic (exact) mass is 786 g/mol. The van der Waals surface area contributed by atoms with E-state index in [4.69, 9.17) is 4.74 Å². The molecule has 0 bridgehead atoms. The Labute approximate surface area is 298 Å². The zero-order valence-electron chi connectivity index (χ0n) is 28.1. The van der Waals surface area contributed by atoms with Crippen LogP contribution in [0.4, 0.5) is 0 Å². The molecule has 6 atom stereocenters. The summed E-state index contributed by atoms with van der Waals surface area (Å²) in [4.78, 5) is 59.4. The number of carbonyl (C=O) groups is 4. The smallest absolute Gasteiger partial charge is 0.308 e. The number of aromatic nitrogens is 1. The third kappa shape index (κ3) is 9.49. The average molecular weight is 789 g/mol. The third-order valence-electron chi connectivity index (χ3n) is 8.72. The molecule has 0 saturated heterocycles. The lowest BCUT2D eigenvalue weighted by Gasteiger charge is -2.31. The summed E-state index contributed by atoms with van der Waals surface area (Å²) >= 11 is 7.11. The number of nitrogens with one attached hydrogen (secondary N) is 3. The molecule has 10 nitrogen and oxygen atoms in total. The first-order chi connectivity index (χ1) is 22.6. The first kappa shape index (κ1) is 37.2. The number of phenols is 1. The second-order valence-electron chi connectivity index (χ2n) is 13.0. The largest absolute Gasteiger partial charge is 0.508 e. The van der Waals surface area contributed by atoms with Crippen LogP contribution < -0.4 is 10.6 Å². The molecule has 4 N–H and O–H groups in total. The number of H-pyrrole nitrogens is 1. The van der Waals surface area contributed by atoms with Crippen LogP contribution in [-0.4, -0.2) is 63.9 Å². The van der Waals surface area contributed by atoms with Crippen molar-refractivity contribution in [2.24, 2.45) is 11.8 Å². The van der Waals surface area contributed by atoms with E-state index in [1.807, 2.05) is 45.9 Å². The Hall–Kier alpha value is -3.64. The molecular weight excluding hydrogens is 744 g/mol. The number of amides is 3. The van der Waals surface area contributed by atoms with Gasteiger partial charge in [-0.15, -0.1) is 0 Å². The van der Waals surface area contributed by atoms with Crippen molar-refractivity contribution in [2.75, 3.05) is 7.05 Å². The standard InChI is InChI=1S/C36H44Br2N4O6/c1-19-13-20(2)15-22(4)48-32(44)18-29(24-7-10-26(43)11-8-24)41-35(46)31(42(6)36(47)23(5)39-34(45)21(3)14-19)17-28-27-12-9-25(37)16-30(27)40-33(28)38/h7-13,16,20-23,29,31,40,43H,14-15,17-18H2,1-6H3,(H,39,45)(H,41,46)/b19-13-/t20-,21-,22-,23-,29+,31+/m0/s1. The van der Waals surface area contributed by atoms with Crippen LogP contribution in [0.1, 0.15) is 71.0 Å². The summed E-state index contributed by atoms with van der Waals surface area (Å²) in [6, 6.07) is 9.25. The first-order valence-corrected chi connectivity index (χ1v) is 17.7. The fourth-order valence-electron chi connectivity index (χ4n) is 6.30. The Balaban J connectivity index is 1.75. The molecule has 0 aliphatic carbocycles. The van der Waals surface area contributed by atoms with Crippen LogP contribution in [0, 0.1) is 11.8 Å². The highest BCUT2D eigenvalue weighted by molar-refractivity contribution is 9.10. The van der Waals surface area contributed by atoms with E-state index in [1.165, 1.54) is 17.0 Å². The second kappa shape index (κ2) is 16.2. The summed E-state index contributed by atoms with van der Waals surface area (Å²) in [5.74, 6) is -1.96. The molecule has 0 spiro atoms. The Morgan fingerprint density at radius 3 is 2.31 bits per heavy atom. The van der Waals surface area contributed by atoms with Gasteiger partial charge >= 0.3 is 5.97 Å². The van der Waals surface area contributed by atoms with Gasteiger partial charge in [0.15, 0.2) is 0 Å². The molecule has 1 aliphatic rings. The van der Waals surface area contributed by atoms with Crippen molar-refractivity contribution in [3.05, 3.63) is 74.3 Å². The quantitative estimate of drug-likeness (QED) is 0.177. The van der Waals surface area contributed by atoms with Gasteiger partial charge in [-0.1, -0.05) is 59.6 Å². The number of halogens is 2. The van der Waals surface area contributed by atoms with Gasteiger partial charge in [0, 0.05) is 34.8 Å². The summed E-state index contributed by atoms with van der Waals surface area (Å²) in [5, 5.41) is 16.7. The van der Waals surface area contributed by atoms with E-state index in [9.17, 15) is 24.3 Å². The Bertz CT molecular complexity index is 1690. The molecule has 258 valence electrons. The predicted octanol–water partition coefficient (Wildman–Crippen LogP) is 6.46. The number of hydrogen-bond acceptors (Lipinski definition) is 6. The van der Waals surface area contributed by atoms with Gasteiger partial charge in [-0.3, -0.25) is 19.2 Å². The number of allylic oxidation sites excluding steroid dienone is 2. The Morgan fingerprint density at radius 2 is 1.62 bits per heavy atom. The minimum Gasteiger partial charge on any atom is -0.508 e. The van der Waals surface area contributed by atoms with Crippen molar-refractivity contribution in [3.8, 4) is 5.75 Å². The molecule has 1 aliphatic heterocycles. The van der Waals surface area contributed by atoms with Gasteiger partial charge in [-0.2, -0.15) is 0 Å². The van der Waals surface area contributed by atoms with Gasteiger partial charge in [0.25, 0.3) is 0 Å². The lowest BCUT2D eigenvalue weighted by Crippen LogP contribution is -2.55. The third-order valence-corrected chi connectivity index (χ3v) is 9.89. The van der Waals surface area contributed by atoms with Gasteiger partial charge < -0.3 is 30.4 Å². The van der Waals surface area contributed by atoms with Gasteiger partial charge in [0.05, 0.1) is 23.2 Å². The number of rotatable bonds is 3. The number of cyclic esters (lactones) is 1. The van der Waals surface area contributed by atoms with Crippen LogP contribution in [0.3, 0.4) is 0 Å². The topological polar surface area (TPSA) is 141 Å². The molecule has 48 heavy (non-hydrogen) atoms. The van der Waals surface area contributed by atoms with Crippen LogP contribution in [0.15, 0.2) is 63.2 Å². The van der Waals surface area contributed by atoms with E-state index in [0.29, 0.717) is 23.0 Å². The van der Waals surface area contributed by atoms with Gasteiger partial charge in [-0.05, 0) is 90.9 Å². The van der Waals surface area contributed by atoms with Crippen molar-refractivity contribution < 1.29 is 29.0 Å². The minimum absolute atomic E-state index is 0.0408. The van der Waals surface area contributed by atoms with Crippen molar-refractivity contribution in [1.29, 1.82) is 0 Å². The molecule has 2 aromatic carbocycles. The zero-order valence-corrected chi connectivity index (χ0v) is 31.3. The summed E-state index contributed by atoms with van der Waals surface area (Å²) in [6.45, 7) is 9.26. The molecular formula is C36H44Br2N4O6. The maximum atomic E-state index is 14.3. The van der Waals surface area contributed by atoms with Crippen LogP contribution in [0.2, 0.25) is 0 Å². The van der Waals surface area contributed by atoms with E-state index in [0.717, 1.165) is 26.5 Å². The van der Waals surface area contributed by atoms with E-state index < -0.39 is 47.9 Å². The molecule has 1 aromatic heterocycles. The predicted molar refractivity (Wildman–Crippen MR) is 192 cm³/mol. The molecule has 3 aromatic rings. The van der Waals surface area contributed by atoms with Crippen molar-refractivity contribution in [1.82, 2.24) is 20.5 Å². The molecule has 4 rings (SSSR count). The molecule has 0 saturated carbocycles. The summed E-state index contributed by atoms with van der Waals surface area (Å²) < 4.78 is 7.34. The van der Waals surface area contributed by atoms with Crippen LogP contribution in [0.5, 0.6) is 5.75 Å². The number of aromatic amines is 1. The van der Waals surface area contributed by atoms with E-state index >= 15 is 0 Å². The van der Waals surface area contributed by atoms with E-state index in [-0.39, 0.29) is 30.4 Å². The van der Waals surface area contributed by atoms with E-state index in [1.54, 1.807) is 26.1 Å². The minimum atomic E-state index is -1.03. The van der Waals surface area contributed by atoms with E-state index in [2.05, 4.69) is 53.6 Å². The fourth-order valence-corrected chi connectivity index (χ4v) is 7.25. The number of aromatic hydroxyl groups is 1. The number of carbonyl (C=O) groups excluding carboxylic acids is 4. The highest BCUT2D eigenvalue weighted by Gasteiger charge is 2.34. The number of esters is 1. The number of likely N-dealkylation sites (N-methyl/N-ethyl adjacent to an activating group) is 1. The van der Waals surface area contributed by atoms with Crippen LogP contribution in [-0.2, 0) is 30.3 Å². The first-order valence-electron chi connectivity index (χ1n) is 16.1. The molecule has 0 unspecified atom stereocenters. The Morgan fingerprint density at radius 1 is 0.938 bits per heavy atom. The highest BCUT2D eigenvalue weighted by atomic mass is 79.9. The number of nitrogens with zero attached hydrogens (tertiary/aromatic N) is 1. The second-order valence-corrected chi connectivity index (χ2v) is 14.7. The number of fused-ring (bicyclic) bond motifs is 1. The normalized spacial score (nSPS) is 26.8. The van der Waals surface area contributed by atoms with Crippen LogP contribution >= 0.6 is 31.9 Å². The zero-order chi connectivity index (χ0) is 35.3. The molecule has 0 fully saturated rings. The van der Waals surface area contributed by atoms with Crippen molar-refractivity contribution in [2.45, 2.75) is 84.5 Å². The SMILES string of the molecule is C/C1=C/[C@H](C)C[C@H](C)OC(=O)C[C@H](c2ccc(O)cc2)NC(=O)[C@@H](Cc2c(Br)[nH]c3cc(Br)ccc23)N(C)C(=O)[C@H](C)NC(=O)[C@@H](C)C1. The van der Waals surface area contributed by atoms with Gasteiger partial charge in [0.2, 0.25) is 17.7 Å². The average Bonchev–Trinajstić information content (AvgIpc) is 3.31. The van der Waals surface area contributed by atoms with Crippen LogP contribution in [0.25, 0.3) is 10.9 Å². The molecule has 2 heterocycles. The summed E-state index contributed by atoms with van der Waals surface area (Å²) in [5.41, 5.74) is 3.23. The number of ether oxygens (including phenoxy) is 1. The van der Waals surface area contributed by atoms with Gasteiger partial charge in [0.1, 0.15) is 17.8 Å². The molecule has 3 amide bonds. The van der Waals surface area contributed by atoms with Gasteiger partial charge in [-0.25, -0.2) is 0 Å².